The van der Waals surface area contributed by atoms with Gasteiger partial charge in [-0.15, -0.1) is 30.0 Å². The van der Waals surface area contributed by atoms with Gasteiger partial charge in [-0.05, 0) is 49.2 Å². The van der Waals surface area contributed by atoms with Gasteiger partial charge in [-0.25, -0.2) is 0 Å². The number of ether oxygens (including phenoxy) is 2. The fourth-order valence-electron chi connectivity index (χ4n) is 6.34. The Balaban J connectivity index is 1.34. The number of fused-ring (bicyclic) bond motifs is 2. The number of phenols is 2. The lowest BCUT2D eigenvalue weighted by Gasteiger charge is -2.18. The van der Waals surface area contributed by atoms with E-state index in [2.05, 4.69) is 34.2 Å². The van der Waals surface area contributed by atoms with Crippen molar-refractivity contribution in [3.8, 4) is 34.4 Å². The van der Waals surface area contributed by atoms with Gasteiger partial charge in [-0.2, -0.15) is 0 Å². The van der Waals surface area contributed by atoms with Gasteiger partial charge < -0.3 is 19.7 Å². The standard InChI is InChI=1S/C41H50N6O4/c1-3-5-7-9-11-17-23-50-40-28-38(48)36(46-42-32-19-13-14-20-33(32)43-46)26-30(40)25-31-27-37(47-44-34-21-15-16-22-35(34)45-47)39(49)29-41(31)51-24-18-12-10-8-6-4-2/h13-16,19-22,26-29,48-49H,3-12,17-18,23-25H2,1-2H3. The molecule has 2 aromatic heterocycles. The SMILES string of the molecule is CCCCCCCCOc1cc(O)c(-n2nc3ccccc3n2)cc1Cc1cc(-n2nc3ccccc3n2)c(O)cc1OCCCCCCCC. The molecule has 0 aliphatic rings. The highest BCUT2D eigenvalue weighted by Gasteiger charge is 2.20. The first-order valence-corrected chi connectivity index (χ1v) is 18.7. The lowest BCUT2D eigenvalue weighted by molar-refractivity contribution is 0.297. The summed E-state index contributed by atoms with van der Waals surface area (Å²) in [5, 5.41) is 41.1. The van der Waals surface area contributed by atoms with E-state index in [1.807, 2.05) is 60.7 Å². The van der Waals surface area contributed by atoms with Crippen molar-refractivity contribution in [1.29, 1.82) is 0 Å². The Labute approximate surface area is 300 Å². The predicted molar refractivity (Wildman–Crippen MR) is 202 cm³/mol. The zero-order chi connectivity index (χ0) is 35.4. The van der Waals surface area contributed by atoms with Crippen LogP contribution in [-0.4, -0.2) is 53.4 Å². The summed E-state index contributed by atoms with van der Waals surface area (Å²) in [5.74, 6) is 1.22. The molecule has 2 heterocycles. The minimum absolute atomic E-state index is 0.0235. The number of phenolic OH excluding ortho intramolecular Hbond substituents is 2. The fourth-order valence-corrected chi connectivity index (χ4v) is 6.34. The van der Waals surface area contributed by atoms with E-state index in [0.29, 0.717) is 42.5 Å². The van der Waals surface area contributed by atoms with E-state index >= 15 is 0 Å². The van der Waals surface area contributed by atoms with Gasteiger partial charge in [-0.1, -0.05) is 102 Å². The molecule has 10 heteroatoms. The first kappa shape index (κ1) is 35.7. The molecule has 2 N–H and O–H groups in total. The van der Waals surface area contributed by atoms with Gasteiger partial charge in [0.1, 0.15) is 56.4 Å². The summed E-state index contributed by atoms with van der Waals surface area (Å²) in [4.78, 5) is 2.94. The quantitative estimate of drug-likeness (QED) is 0.0760. The highest BCUT2D eigenvalue weighted by atomic mass is 16.5. The summed E-state index contributed by atoms with van der Waals surface area (Å²) in [6, 6.07) is 22.3. The van der Waals surface area contributed by atoms with Gasteiger partial charge in [-0.3, -0.25) is 0 Å². The van der Waals surface area contributed by atoms with Crippen molar-refractivity contribution in [3.63, 3.8) is 0 Å². The fraction of sp³-hybridized carbons (Fsp3) is 0.415. The van der Waals surface area contributed by atoms with E-state index < -0.39 is 0 Å². The molecular formula is C41H50N6O4. The van der Waals surface area contributed by atoms with Crippen LogP contribution in [-0.2, 0) is 6.42 Å². The van der Waals surface area contributed by atoms with Crippen LogP contribution in [0.5, 0.6) is 23.0 Å². The largest absolute Gasteiger partial charge is 0.505 e. The molecule has 0 radical (unpaired) electrons. The summed E-state index contributed by atoms with van der Waals surface area (Å²) in [6.07, 6.45) is 14.2. The molecule has 0 saturated carbocycles. The van der Waals surface area contributed by atoms with Crippen molar-refractivity contribution in [2.75, 3.05) is 13.2 Å². The molecule has 6 rings (SSSR count). The van der Waals surface area contributed by atoms with Crippen LogP contribution in [0.25, 0.3) is 33.4 Å². The number of rotatable bonds is 20. The maximum Gasteiger partial charge on any atom is 0.146 e. The van der Waals surface area contributed by atoms with Gasteiger partial charge in [0.2, 0.25) is 0 Å². The number of aromatic hydroxyl groups is 2. The molecule has 4 aromatic carbocycles. The molecule has 0 saturated heterocycles. The number of hydrogen-bond acceptors (Lipinski definition) is 8. The summed E-state index contributed by atoms with van der Waals surface area (Å²) in [7, 11) is 0. The Hall–Kier alpha value is -5.12. The number of unbranched alkanes of at least 4 members (excludes halogenated alkanes) is 10. The molecule has 6 aromatic rings. The second-order valence-electron chi connectivity index (χ2n) is 13.3. The van der Waals surface area contributed by atoms with Crippen LogP contribution in [0.15, 0.2) is 72.8 Å². The summed E-state index contributed by atoms with van der Waals surface area (Å²) < 4.78 is 12.8. The van der Waals surface area contributed by atoms with E-state index in [0.717, 1.165) is 58.9 Å². The van der Waals surface area contributed by atoms with Crippen molar-refractivity contribution in [3.05, 3.63) is 83.9 Å². The van der Waals surface area contributed by atoms with Crippen molar-refractivity contribution in [1.82, 2.24) is 30.0 Å². The molecule has 0 amide bonds. The molecule has 0 unspecified atom stereocenters. The van der Waals surface area contributed by atoms with Crippen LogP contribution in [0.3, 0.4) is 0 Å². The topological polar surface area (TPSA) is 120 Å². The molecule has 51 heavy (non-hydrogen) atoms. The third-order valence-corrected chi connectivity index (χ3v) is 9.21. The van der Waals surface area contributed by atoms with Crippen LogP contribution in [0.2, 0.25) is 0 Å². The Kier molecular flexibility index (Phi) is 12.4. The first-order valence-electron chi connectivity index (χ1n) is 18.7. The van der Waals surface area contributed by atoms with Gasteiger partial charge >= 0.3 is 0 Å². The Morgan fingerprint density at radius 3 is 1.22 bits per heavy atom. The van der Waals surface area contributed by atoms with Crippen molar-refractivity contribution in [2.24, 2.45) is 0 Å². The van der Waals surface area contributed by atoms with Crippen LogP contribution in [0.1, 0.15) is 102 Å². The normalized spacial score (nSPS) is 11.5. The highest BCUT2D eigenvalue weighted by molar-refractivity contribution is 5.74. The van der Waals surface area contributed by atoms with E-state index in [1.54, 1.807) is 12.1 Å². The molecular weight excluding hydrogens is 640 g/mol. The zero-order valence-corrected chi connectivity index (χ0v) is 29.9. The van der Waals surface area contributed by atoms with Crippen molar-refractivity contribution < 1.29 is 19.7 Å². The number of hydrogen-bond donors (Lipinski definition) is 2. The van der Waals surface area contributed by atoms with Gasteiger partial charge in [0, 0.05) is 29.7 Å². The highest BCUT2D eigenvalue weighted by Crippen LogP contribution is 2.37. The Bertz CT molecular complexity index is 1810. The summed E-state index contributed by atoms with van der Waals surface area (Å²) >= 11 is 0. The lowest BCUT2D eigenvalue weighted by atomic mass is 10.0. The van der Waals surface area contributed by atoms with E-state index in [1.165, 1.54) is 61.0 Å². The number of benzene rings is 4. The third kappa shape index (κ3) is 9.17. The van der Waals surface area contributed by atoms with Gasteiger partial charge in [0.25, 0.3) is 0 Å². The minimum Gasteiger partial charge on any atom is -0.505 e. The van der Waals surface area contributed by atoms with E-state index in [4.69, 9.17) is 9.47 Å². The smallest absolute Gasteiger partial charge is 0.146 e. The van der Waals surface area contributed by atoms with Crippen molar-refractivity contribution >= 4 is 22.1 Å². The molecule has 0 aliphatic heterocycles. The van der Waals surface area contributed by atoms with Gasteiger partial charge in [0.05, 0.1) is 13.2 Å². The monoisotopic (exact) mass is 690 g/mol. The molecule has 0 aliphatic carbocycles. The van der Waals surface area contributed by atoms with Crippen LogP contribution >= 0.6 is 0 Å². The summed E-state index contributed by atoms with van der Waals surface area (Å²) in [6.45, 7) is 5.51. The average molecular weight is 691 g/mol. The molecule has 0 spiro atoms. The van der Waals surface area contributed by atoms with Gasteiger partial charge in [0.15, 0.2) is 0 Å². The Morgan fingerprint density at radius 2 is 0.843 bits per heavy atom. The second kappa shape index (κ2) is 17.7. The van der Waals surface area contributed by atoms with Crippen LogP contribution in [0.4, 0.5) is 0 Å². The van der Waals surface area contributed by atoms with E-state index in [9.17, 15) is 10.2 Å². The van der Waals surface area contributed by atoms with Crippen molar-refractivity contribution in [2.45, 2.75) is 97.3 Å². The zero-order valence-electron chi connectivity index (χ0n) is 29.9. The third-order valence-electron chi connectivity index (χ3n) is 9.21. The lowest BCUT2D eigenvalue weighted by Crippen LogP contribution is -2.07. The summed E-state index contributed by atoms with van der Waals surface area (Å²) in [5.41, 5.74) is 5.47. The number of aromatic nitrogens is 6. The van der Waals surface area contributed by atoms with Crippen LogP contribution in [0, 0.1) is 0 Å². The first-order chi connectivity index (χ1) is 25.0. The molecule has 0 atom stereocenters. The minimum atomic E-state index is 0.0235. The maximum absolute atomic E-state index is 11.3. The predicted octanol–water partition coefficient (Wildman–Crippen LogP) is 9.63. The van der Waals surface area contributed by atoms with Crippen LogP contribution < -0.4 is 9.47 Å². The molecule has 10 nitrogen and oxygen atoms in total. The Morgan fingerprint density at radius 1 is 0.490 bits per heavy atom. The van der Waals surface area contributed by atoms with E-state index in [-0.39, 0.29) is 11.5 Å². The second-order valence-corrected chi connectivity index (χ2v) is 13.3. The molecule has 0 bridgehead atoms. The maximum atomic E-state index is 11.3. The number of nitrogens with zero attached hydrogens (tertiary/aromatic N) is 6. The average Bonchev–Trinajstić information content (AvgIpc) is 3.77. The molecule has 268 valence electrons. The molecule has 0 fully saturated rings.